The number of alkyl halides is 1. The van der Waals surface area contributed by atoms with Gasteiger partial charge in [-0.3, -0.25) is 14.6 Å². The smallest absolute Gasteiger partial charge is 0.328 e. The summed E-state index contributed by atoms with van der Waals surface area (Å²) in [6, 6.07) is 15.2. The van der Waals surface area contributed by atoms with Crippen LogP contribution in [0.3, 0.4) is 0 Å². The first-order valence-corrected chi connectivity index (χ1v) is 11.6. The molecule has 3 aromatic rings. The van der Waals surface area contributed by atoms with Crippen molar-refractivity contribution in [2.75, 3.05) is 19.0 Å². The molecule has 1 fully saturated rings. The van der Waals surface area contributed by atoms with Crippen LogP contribution in [0, 0.1) is 0 Å². The van der Waals surface area contributed by atoms with E-state index in [0.29, 0.717) is 31.9 Å². The monoisotopic (exact) mass is 451 g/mol. The maximum absolute atomic E-state index is 13.6. The molecule has 0 spiro atoms. The van der Waals surface area contributed by atoms with Gasteiger partial charge < -0.3 is 9.72 Å². The van der Waals surface area contributed by atoms with Gasteiger partial charge in [0.2, 0.25) is 0 Å². The van der Waals surface area contributed by atoms with Crippen molar-refractivity contribution in [2.45, 2.75) is 38.3 Å². The van der Waals surface area contributed by atoms with Crippen molar-refractivity contribution in [3.8, 4) is 5.75 Å². The Labute approximate surface area is 192 Å². The zero-order valence-electron chi connectivity index (χ0n) is 18.2. The van der Waals surface area contributed by atoms with E-state index in [1.807, 2.05) is 62.4 Å². The van der Waals surface area contributed by atoms with E-state index in [0.717, 1.165) is 33.5 Å². The third kappa shape index (κ3) is 3.00. The van der Waals surface area contributed by atoms with Crippen molar-refractivity contribution < 1.29 is 14.3 Å². The van der Waals surface area contributed by atoms with Crippen molar-refractivity contribution in [2.24, 2.45) is 0 Å². The highest BCUT2D eigenvalue weighted by Gasteiger charge is 2.59. The number of benzene rings is 2. The highest BCUT2D eigenvalue weighted by Crippen LogP contribution is 2.48. The van der Waals surface area contributed by atoms with E-state index in [2.05, 4.69) is 4.98 Å². The van der Waals surface area contributed by atoms with E-state index in [9.17, 15) is 9.59 Å². The third-order valence-electron chi connectivity index (χ3n) is 6.58. The van der Waals surface area contributed by atoms with Gasteiger partial charge in [0.15, 0.2) is 0 Å². The maximum atomic E-state index is 13.6. The second kappa shape index (κ2) is 7.85. The number of halogens is 1. The summed E-state index contributed by atoms with van der Waals surface area (Å²) in [5, 5.41) is 1.03. The number of nitrogens with zero attached hydrogens (tertiary/aromatic N) is 2. The zero-order valence-corrected chi connectivity index (χ0v) is 19.0. The van der Waals surface area contributed by atoms with Gasteiger partial charge in [0.05, 0.1) is 6.61 Å². The Hall–Kier alpha value is -2.99. The van der Waals surface area contributed by atoms with Gasteiger partial charge in [-0.2, -0.15) is 0 Å². The number of carbonyl (C=O) groups is 2. The minimum Gasteiger partial charge on any atom is -0.494 e. The van der Waals surface area contributed by atoms with Crippen LogP contribution >= 0.6 is 11.6 Å². The number of imide groups is 1. The summed E-state index contributed by atoms with van der Waals surface area (Å²) in [6.45, 7) is 4.76. The molecule has 0 bridgehead atoms. The van der Waals surface area contributed by atoms with Crippen molar-refractivity contribution in [1.29, 1.82) is 0 Å². The molecule has 1 saturated heterocycles. The lowest BCUT2D eigenvalue weighted by molar-refractivity contribution is -0.133. The van der Waals surface area contributed by atoms with Crippen LogP contribution in [0.5, 0.6) is 5.75 Å². The Morgan fingerprint density at radius 1 is 1.19 bits per heavy atom. The summed E-state index contributed by atoms with van der Waals surface area (Å²) in [5.41, 5.74) is 3.00. The Bertz CT molecular complexity index is 1190. The number of urea groups is 1. The number of rotatable bonds is 6. The fraction of sp³-hybridized carbons (Fsp3) is 0.360. The molecule has 166 valence electrons. The number of fused-ring (bicyclic) bond motifs is 4. The molecule has 0 unspecified atom stereocenters. The Kier molecular flexibility index (Phi) is 5.13. The number of H-pyrrole nitrogens is 1. The van der Waals surface area contributed by atoms with Crippen LogP contribution in [-0.4, -0.2) is 51.3 Å². The van der Waals surface area contributed by atoms with Crippen LogP contribution in [0.4, 0.5) is 4.79 Å². The molecule has 2 atom stereocenters. The topological polar surface area (TPSA) is 65.6 Å². The molecule has 3 heterocycles. The first-order chi connectivity index (χ1) is 15.5. The minimum atomic E-state index is -0.965. The van der Waals surface area contributed by atoms with Gasteiger partial charge in [-0.05, 0) is 49.6 Å². The summed E-state index contributed by atoms with van der Waals surface area (Å²) in [4.78, 5) is 33.8. The highest BCUT2D eigenvalue weighted by molar-refractivity contribution is 6.18. The Morgan fingerprint density at radius 2 is 1.97 bits per heavy atom. The van der Waals surface area contributed by atoms with Gasteiger partial charge in [0, 0.05) is 35.4 Å². The predicted octanol–water partition coefficient (Wildman–Crippen LogP) is 4.86. The Balaban J connectivity index is 1.71. The van der Waals surface area contributed by atoms with E-state index in [4.69, 9.17) is 16.3 Å². The molecule has 0 radical (unpaired) electrons. The maximum Gasteiger partial charge on any atom is 0.328 e. The quantitative estimate of drug-likeness (QED) is 0.429. The molecule has 7 heteroatoms. The lowest BCUT2D eigenvalue weighted by Crippen LogP contribution is -2.53. The molecule has 2 aromatic carbocycles. The van der Waals surface area contributed by atoms with Crippen molar-refractivity contribution in [1.82, 2.24) is 14.8 Å². The lowest BCUT2D eigenvalue weighted by atomic mass is 9.81. The molecule has 3 amide bonds. The van der Waals surface area contributed by atoms with Crippen LogP contribution in [0.2, 0.25) is 0 Å². The van der Waals surface area contributed by atoms with Gasteiger partial charge in [0.25, 0.3) is 5.91 Å². The summed E-state index contributed by atoms with van der Waals surface area (Å²) in [5.74, 6) is 1.04. The molecule has 2 aliphatic rings. The number of aromatic nitrogens is 1. The number of aromatic amines is 1. The van der Waals surface area contributed by atoms with Crippen molar-refractivity contribution in [3.63, 3.8) is 0 Å². The lowest BCUT2D eigenvalue weighted by Gasteiger charge is -2.42. The van der Waals surface area contributed by atoms with Crippen LogP contribution in [0.15, 0.2) is 48.5 Å². The van der Waals surface area contributed by atoms with Gasteiger partial charge in [0.1, 0.15) is 17.3 Å². The van der Waals surface area contributed by atoms with Gasteiger partial charge >= 0.3 is 6.03 Å². The summed E-state index contributed by atoms with van der Waals surface area (Å²) >= 11 is 5.87. The van der Waals surface area contributed by atoms with E-state index in [1.54, 1.807) is 4.90 Å². The zero-order chi connectivity index (χ0) is 22.5. The number of ether oxygens (including phenoxy) is 1. The normalized spacial score (nSPS) is 22.4. The molecule has 6 nitrogen and oxygen atoms in total. The van der Waals surface area contributed by atoms with Crippen molar-refractivity contribution >= 4 is 34.4 Å². The average Bonchev–Trinajstić information content (AvgIpc) is 3.24. The molecule has 0 saturated carbocycles. The molecule has 32 heavy (non-hydrogen) atoms. The second-order valence-corrected chi connectivity index (χ2v) is 8.95. The van der Waals surface area contributed by atoms with Gasteiger partial charge in [-0.25, -0.2) is 4.79 Å². The number of nitrogens with one attached hydrogen (secondary N) is 1. The van der Waals surface area contributed by atoms with E-state index in [1.165, 1.54) is 4.90 Å². The first-order valence-electron chi connectivity index (χ1n) is 11.0. The largest absolute Gasteiger partial charge is 0.494 e. The van der Waals surface area contributed by atoms with Crippen LogP contribution in [0.25, 0.3) is 10.9 Å². The van der Waals surface area contributed by atoms with Crippen LogP contribution < -0.4 is 4.74 Å². The highest BCUT2D eigenvalue weighted by atomic mass is 35.5. The fourth-order valence-electron chi connectivity index (χ4n) is 5.15. The number of amides is 3. The first kappa shape index (κ1) is 20.9. The molecule has 1 N–H and O–H groups in total. The molecule has 0 aliphatic carbocycles. The SMILES string of the molecule is CCOc1ccc2[nH]c3c(c2c1)C[C@@]1(C)C(=O)N(CCCCl)C(=O)N1[C@@H]3c1ccccc1. The predicted molar refractivity (Wildman–Crippen MR) is 124 cm³/mol. The third-order valence-corrected chi connectivity index (χ3v) is 6.85. The van der Waals surface area contributed by atoms with Gasteiger partial charge in [-0.15, -0.1) is 11.6 Å². The molecular formula is C25H26ClN3O3. The number of hydrogen-bond acceptors (Lipinski definition) is 3. The van der Waals surface area contributed by atoms with E-state index < -0.39 is 5.54 Å². The summed E-state index contributed by atoms with van der Waals surface area (Å²) < 4.78 is 5.73. The van der Waals surface area contributed by atoms with Crippen LogP contribution in [-0.2, 0) is 11.2 Å². The molecule has 5 rings (SSSR count). The molecular weight excluding hydrogens is 426 g/mol. The average molecular weight is 452 g/mol. The number of hydrogen-bond donors (Lipinski definition) is 1. The number of carbonyl (C=O) groups excluding carboxylic acids is 2. The fourth-order valence-corrected chi connectivity index (χ4v) is 5.26. The summed E-state index contributed by atoms with van der Waals surface area (Å²) in [6.07, 6.45) is 1.02. The Morgan fingerprint density at radius 3 is 2.69 bits per heavy atom. The standard InChI is InChI=1S/C25H26ClN3O3/c1-3-32-17-10-11-20-18(14-17)19-15-25(2)23(30)28(13-7-12-26)24(31)29(25)22(21(19)27-20)16-8-5-4-6-9-16/h4-6,8-11,14,22,27H,3,7,12-13,15H2,1-2H3/t22-,25+/m1/s1. The van der Waals surface area contributed by atoms with E-state index >= 15 is 0 Å². The second-order valence-electron chi connectivity index (χ2n) is 8.57. The van der Waals surface area contributed by atoms with Gasteiger partial charge in [-0.1, -0.05) is 30.3 Å². The molecule has 1 aromatic heterocycles. The minimum absolute atomic E-state index is 0.158. The summed E-state index contributed by atoms with van der Waals surface area (Å²) in [7, 11) is 0. The van der Waals surface area contributed by atoms with E-state index in [-0.39, 0.29) is 18.0 Å². The van der Waals surface area contributed by atoms with Crippen LogP contribution in [0.1, 0.15) is 43.1 Å². The molecule has 2 aliphatic heterocycles. The van der Waals surface area contributed by atoms with Crippen molar-refractivity contribution in [3.05, 3.63) is 65.4 Å².